The van der Waals surface area contributed by atoms with Crippen LogP contribution in [0.1, 0.15) is 40.8 Å². The van der Waals surface area contributed by atoms with Crippen molar-refractivity contribution in [1.29, 1.82) is 5.26 Å². The highest BCUT2D eigenvalue weighted by atomic mass is 32.1. The first-order valence-electron chi connectivity index (χ1n) is 11.1. The van der Waals surface area contributed by atoms with Crippen LogP contribution in [-0.2, 0) is 22.4 Å². The Balaban J connectivity index is 1.34. The molecule has 2 aliphatic rings. The fraction of sp³-hybridized carbons (Fsp3) is 0.417. The van der Waals surface area contributed by atoms with Gasteiger partial charge in [-0.2, -0.15) is 5.26 Å². The topological polar surface area (TPSA) is 116 Å². The number of anilines is 1. The van der Waals surface area contributed by atoms with Gasteiger partial charge in [-0.05, 0) is 61.3 Å². The van der Waals surface area contributed by atoms with Crippen molar-refractivity contribution in [2.45, 2.75) is 38.2 Å². The van der Waals surface area contributed by atoms with E-state index in [1.807, 2.05) is 6.07 Å². The lowest BCUT2D eigenvalue weighted by atomic mass is 9.88. The molecule has 0 bridgehead atoms. The van der Waals surface area contributed by atoms with E-state index in [2.05, 4.69) is 16.4 Å². The summed E-state index contributed by atoms with van der Waals surface area (Å²) in [6.07, 6.45) is 9.18. The molecule has 1 saturated heterocycles. The number of aromatic nitrogens is 1. The van der Waals surface area contributed by atoms with E-state index in [4.69, 9.17) is 4.74 Å². The summed E-state index contributed by atoms with van der Waals surface area (Å²) >= 11 is 1.42. The van der Waals surface area contributed by atoms with Gasteiger partial charge in [-0.25, -0.2) is 4.79 Å². The molecule has 9 heteroatoms. The number of nitrogens with zero attached hydrogens (tertiary/aromatic N) is 3. The van der Waals surface area contributed by atoms with Gasteiger partial charge in [0, 0.05) is 36.4 Å². The smallest absolute Gasteiger partial charge is 0.409 e. The summed E-state index contributed by atoms with van der Waals surface area (Å²) in [4.78, 5) is 31.4. The highest BCUT2D eigenvalue weighted by molar-refractivity contribution is 7.16. The summed E-state index contributed by atoms with van der Waals surface area (Å²) in [5.74, 6) is -0.123. The Morgan fingerprint density at radius 3 is 2.91 bits per heavy atom. The number of hydrogen-bond acceptors (Lipinski definition) is 7. The van der Waals surface area contributed by atoms with E-state index in [-0.39, 0.29) is 24.0 Å². The highest BCUT2D eigenvalue weighted by Gasteiger charge is 2.28. The molecule has 1 unspecified atom stereocenters. The number of fused-ring (bicyclic) bond motifs is 1. The normalized spacial score (nSPS) is 18.5. The predicted octanol–water partition coefficient (Wildman–Crippen LogP) is 3.36. The number of piperidine rings is 1. The van der Waals surface area contributed by atoms with Crippen LogP contribution in [0.5, 0.6) is 0 Å². The molecule has 4 rings (SSSR count). The molecule has 0 saturated carbocycles. The summed E-state index contributed by atoms with van der Waals surface area (Å²) in [6, 6.07) is 5.89. The van der Waals surface area contributed by atoms with Gasteiger partial charge >= 0.3 is 6.09 Å². The molecule has 2 N–H and O–H groups in total. The lowest BCUT2D eigenvalue weighted by Gasteiger charge is -2.30. The highest BCUT2D eigenvalue weighted by Crippen LogP contribution is 2.39. The van der Waals surface area contributed by atoms with E-state index in [1.165, 1.54) is 17.4 Å². The number of carbonyl (C=O) groups excluding carboxylic acids is 2. The minimum atomic E-state index is -0.334. The van der Waals surface area contributed by atoms with E-state index < -0.39 is 0 Å². The second-order valence-corrected chi connectivity index (χ2v) is 9.44. The molecule has 0 aromatic carbocycles. The van der Waals surface area contributed by atoms with Gasteiger partial charge in [0.15, 0.2) is 0 Å². The molecule has 1 aliphatic heterocycles. The summed E-state index contributed by atoms with van der Waals surface area (Å²) in [7, 11) is 0. The second kappa shape index (κ2) is 10.6. The maximum absolute atomic E-state index is 12.4. The Morgan fingerprint density at radius 2 is 2.18 bits per heavy atom. The summed E-state index contributed by atoms with van der Waals surface area (Å²) in [5, 5.41) is 22.7. The maximum Gasteiger partial charge on any atom is 0.409 e. The number of aliphatic hydroxyl groups excluding tert-OH is 1. The minimum absolute atomic E-state index is 0.177. The van der Waals surface area contributed by atoms with E-state index in [0.717, 1.165) is 22.4 Å². The first-order chi connectivity index (χ1) is 16.0. The number of thiophene rings is 1. The van der Waals surface area contributed by atoms with Gasteiger partial charge in [0.05, 0.1) is 18.3 Å². The number of carbonyl (C=O) groups is 2. The number of nitrogens with one attached hydrogen (secondary N) is 1. The van der Waals surface area contributed by atoms with Crippen LogP contribution >= 0.6 is 11.3 Å². The quantitative estimate of drug-likeness (QED) is 0.653. The Bertz CT molecular complexity index is 1070. The molecule has 0 radical (unpaired) electrons. The number of hydrogen-bond donors (Lipinski definition) is 2. The largest absolute Gasteiger partial charge is 0.449 e. The zero-order chi connectivity index (χ0) is 23.2. The van der Waals surface area contributed by atoms with Crippen molar-refractivity contribution in [2.75, 3.05) is 25.0 Å². The molecule has 1 aliphatic carbocycles. The summed E-state index contributed by atoms with van der Waals surface area (Å²) in [5.41, 5.74) is 2.33. The van der Waals surface area contributed by atoms with E-state index in [1.54, 1.807) is 29.4 Å². The molecular weight excluding hydrogens is 440 g/mol. The van der Waals surface area contributed by atoms with Gasteiger partial charge in [0.25, 0.3) is 0 Å². The molecule has 3 heterocycles. The van der Waals surface area contributed by atoms with E-state index in [9.17, 15) is 20.0 Å². The number of ether oxygens (including phenoxy) is 1. The fourth-order valence-corrected chi connectivity index (χ4v) is 5.45. The van der Waals surface area contributed by atoms with Gasteiger partial charge < -0.3 is 20.1 Å². The standard InChI is InChI=1S/C24H26N4O4S/c25-13-20-19-5-3-17(15-32-24(31)28-10-7-18(29)8-11-28)12-21(19)33-23(20)27-22(30)6-4-16-2-1-9-26-14-16/h1-2,4,6,9,14,17-18,29H,3,5,7-8,10-12,15H2,(H,27,30)/b6-4+. The van der Waals surface area contributed by atoms with Crippen LogP contribution in [0.2, 0.25) is 0 Å². The number of amides is 2. The molecule has 172 valence electrons. The third-order valence-corrected chi connectivity index (χ3v) is 7.16. The first-order valence-corrected chi connectivity index (χ1v) is 11.9. The minimum Gasteiger partial charge on any atom is -0.449 e. The lowest BCUT2D eigenvalue weighted by molar-refractivity contribution is -0.111. The Labute approximate surface area is 196 Å². The third-order valence-electron chi connectivity index (χ3n) is 5.99. The van der Waals surface area contributed by atoms with Crippen LogP contribution in [0, 0.1) is 17.2 Å². The molecule has 0 spiro atoms. The van der Waals surface area contributed by atoms with Crippen molar-refractivity contribution in [3.63, 3.8) is 0 Å². The maximum atomic E-state index is 12.4. The molecule has 1 atom stereocenters. The number of pyridine rings is 1. The summed E-state index contributed by atoms with van der Waals surface area (Å²) in [6.45, 7) is 1.36. The van der Waals surface area contributed by atoms with Crippen LogP contribution in [0.4, 0.5) is 9.80 Å². The number of aliphatic hydroxyl groups is 1. The number of rotatable bonds is 5. The van der Waals surface area contributed by atoms with E-state index >= 15 is 0 Å². The lowest BCUT2D eigenvalue weighted by Crippen LogP contribution is -2.41. The zero-order valence-electron chi connectivity index (χ0n) is 18.2. The predicted molar refractivity (Wildman–Crippen MR) is 125 cm³/mol. The van der Waals surface area contributed by atoms with E-state index in [0.29, 0.717) is 55.9 Å². The average molecular weight is 467 g/mol. The second-order valence-electron chi connectivity index (χ2n) is 8.33. The van der Waals surface area contributed by atoms with Gasteiger partial charge in [0.2, 0.25) is 5.91 Å². The fourth-order valence-electron chi connectivity index (χ4n) is 4.13. The van der Waals surface area contributed by atoms with Crippen molar-refractivity contribution in [3.05, 3.63) is 52.2 Å². The molecule has 33 heavy (non-hydrogen) atoms. The SMILES string of the molecule is N#Cc1c(NC(=O)/C=C/c2cccnc2)sc2c1CCC(COC(=O)N1CCC(O)CC1)C2. The Kier molecular flexibility index (Phi) is 7.37. The van der Waals surface area contributed by atoms with Crippen LogP contribution in [0.25, 0.3) is 6.08 Å². The number of nitriles is 1. The van der Waals surface area contributed by atoms with Crippen LogP contribution < -0.4 is 5.32 Å². The zero-order valence-corrected chi connectivity index (χ0v) is 19.0. The first kappa shape index (κ1) is 23.0. The van der Waals surface area contributed by atoms with Crippen molar-refractivity contribution in [1.82, 2.24) is 9.88 Å². The van der Waals surface area contributed by atoms with Crippen LogP contribution in [0.3, 0.4) is 0 Å². The number of likely N-dealkylation sites (tertiary alicyclic amines) is 1. The molecule has 1 fully saturated rings. The van der Waals surface area contributed by atoms with Crippen molar-refractivity contribution in [2.24, 2.45) is 5.92 Å². The van der Waals surface area contributed by atoms with Gasteiger partial charge in [-0.1, -0.05) is 6.07 Å². The molecular formula is C24H26N4O4S. The Hall–Kier alpha value is -3.22. The van der Waals surface area contributed by atoms with Crippen LogP contribution in [0.15, 0.2) is 30.6 Å². The molecule has 8 nitrogen and oxygen atoms in total. The van der Waals surface area contributed by atoms with Crippen molar-refractivity contribution in [3.8, 4) is 6.07 Å². The van der Waals surface area contributed by atoms with Crippen molar-refractivity contribution < 1.29 is 19.4 Å². The van der Waals surface area contributed by atoms with Crippen molar-refractivity contribution >= 4 is 34.4 Å². The van der Waals surface area contributed by atoms with Gasteiger partial charge in [0.1, 0.15) is 11.1 Å². The van der Waals surface area contributed by atoms with Gasteiger partial charge in [-0.15, -0.1) is 11.3 Å². The molecule has 2 aromatic rings. The van der Waals surface area contributed by atoms with Gasteiger partial charge in [-0.3, -0.25) is 9.78 Å². The summed E-state index contributed by atoms with van der Waals surface area (Å²) < 4.78 is 5.53. The third kappa shape index (κ3) is 5.78. The Morgan fingerprint density at radius 1 is 1.36 bits per heavy atom. The molecule has 2 aromatic heterocycles. The average Bonchev–Trinajstić information content (AvgIpc) is 3.18. The molecule has 2 amide bonds. The van der Waals surface area contributed by atoms with Crippen LogP contribution in [-0.4, -0.2) is 52.8 Å². The monoisotopic (exact) mass is 466 g/mol.